The molecule has 0 saturated heterocycles. The highest BCUT2D eigenvalue weighted by Gasteiger charge is 2.15. The van der Waals surface area contributed by atoms with Crippen LogP contribution in [0.2, 0.25) is 0 Å². The summed E-state index contributed by atoms with van der Waals surface area (Å²) < 4.78 is 0. The van der Waals surface area contributed by atoms with E-state index in [0.717, 1.165) is 23.4 Å². The van der Waals surface area contributed by atoms with E-state index in [-0.39, 0.29) is 5.78 Å². The molecule has 0 aromatic heterocycles. The van der Waals surface area contributed by atoms with Crippen LogP contribution in [0.5, 0.6) is 0 Å². The Morgan fingerprint density at radius 1 is 1.18 bits per heavy atom. The Hall–Kier alpha value is -1.35. The number of ketones is 1. The Balaban J connectivity index is 3.28. The van der Waals surface area contributed by atoms with Crippen molar-refractivity contribution in [1.82, 2.24) is 4.90 Å². The second-order valence-electron chi connectivity index (χ2n) is 4.71. The second kappa shape index (κ2) is 5.82. The van der Waals surface area contributed by atoms with Crippen LogP contribution in [0.4, 0.5) is 5.69 Å². The molecular weight excluding hydrogens is 212 g/mol. The van der Waals surface area contributed by atoms with E-state index in [1.165, 1.54) is 0 Å². The zero-order valence-corrected chi connectivity index (χ0v) is 11.4. The Morgan fingerprint density at radius 3 is 2.29 bits per heavy atom. The van der Waals surface area contributed by atoms with E-state index in [1.807, 2.05) is 47.2 Å². The molecule has 0 unspecified atom stereocenters. The van der Waals surface area contributed by atoms with Crippen LogP contribution in [0.3, 0.4) is 0 Å². The summed E-state index contributed by atoms with van der Waals surface area (Å²) in [6, 6.07) is 5.94. The molecular formula is C14H22N2O. The van der Waals surface area contributed by atoms with E-state index < -0.39 is 0 Å². The highest BCUT2D eigenvalue weighted by molar-refractivity contribution is 5.98. The first-order chi connectivity index (χ1) is 7.97. The van der Waals surface area contributed by atoms with Crippen LogP contribution >= 0.6 is 0 Å². The molecule has 3 heteroatoms. The molecule has 0 heterocycles. The Bertz CT molecular complexity index is 397. The summed E-state index contributed by atoms with van der Waals surface area (Å²) in [6.07, 6.45) is 0.553. The lowest BCUT2D eigenvalue weighted by Gasteiger charge is -2.22. The number of hydrogen-bond donors (Lipinski definition) is 0. The number of benzene rings is 1. The fourth-order valence-electron chi connectivity index (χ4n) is 1.93. The summed E-state index contributed by atoms with van der Waals surface area (Å²) in [5.41, 5.74) is 3.10. The number of anilines is 1. The maximum absolute atomic E-state index is 12.0. The van der Waals surface area contributed by atoms with Gasteiger partial charge < -0.3 is 9.80 Å². The molecule has 0 N–H and O–H groups in total. The van der Waals surface area contributed by atoms with Gasteiger partial charge in [0.05, 0.1) is 0 Å². The van der Waals surface area contributed by atoms with Gasteiger partial charge in [-0.25, -0.2) is 0 Å². The van der Waals surface area contributed by atoms with Crippen LogP contribution in [-0.4, -0.2) is 38.9 Å². The first kappa shape index (κ1) is 13.7. The Labute approximate surface area is 104 Å². The first-order valence-corrected chi connectivity index (χ1v) is 5.94. The van der Waals surface area contributed by atoms with Crippen LogP contribution in [0.15, 0.2) is 18.2 Å². The zero-order valence-electron chi connectivity index (χ0n) is 11.4. The average Bonchev–Trinajstić information content (AvgIpc) is 2.27. The van der Waals surface area contributed by atoms with Crippen molar-refractivity contribution in [3.63, 3.8) is 0 Å². The molecule has 0 bridgehead atoms. The molecule has 0 atom stereocenters. The fraction of sp³-hybridized carbons (Fsp3) is 0.500. The van der Waals surface area contributed by atoms with Gasteiger partial charge >= 0.3 is 0 Å². The summed E-state index contributed by atoms with van der Waals surface area (Å²) in [6.45, 7) is 2.69. The molecule has 1 aromatic rings. The van der Waals surface area contributed by atoms with Gasteiger partial charge in [-0.2, -0.15) is 0 Å². The van der Waals surface area contributed by atoms with Crippen LogP contribution in [0.25, 0.3) is 0 Å². The molecule has 0 saturated carbocycles. The van der Waals surface area contributed by atoms with Gasteiger partial charge in [0.2, 0.25) is 0 Å². The van der Waals surface area contributed by atoms with Crippen molar-refractivity contribution in [2.45, 2.75) is 19.9 Å². The predicted molar refractivity (Wildman–Crippen MR) is 72.8 cm³/mol. The smallest absolute Gasteiger partial charge is 0.163 e. The molecule has 0 spiro atoms. The van der Waals surface area contributed by atoms with Gasteiger partial charge in [0.25, 0.3) is 0 Å². The monoisotopic (exact) mass is 234 g/mol. The van der Waals surface area contributed by atoms with E-state index in [2.05, 4.69) is 15.9 Å². The van der Waals surface area contributed by atoms with Crippen molar-refractivity contribution in [3.05, 3.63) is 29.3 Å². The summed E-state index contributed by atoms with van der Waals surface area (Å²) in [4.78, 5) is 16.1. The van der Waals surface area contributed by atoms with Gasteiger partial charge in [-0.1, -0.05) is 19.1 Å². The van der Waals surface area contributed by atoms with Gasteiger partial charge in [0.1, 0.15) is 0 Å². The van der Waals surface area contributed by atoms with E-state index in [0.29, 0.717) is 6.42 Å². The summed E-state index contributed by atoms with van der Waals surface area (Å²) in [7, 11) is 8.06. The largest absolute Gasteiger partial charge is 0.377 e. The summed E-state index contributed by atoms with van der Waals surface area (Å²) in [5.74, 6) is 0.213. The molecule has 0 aliphatic heterocycles. The lowest BCUT2D eigenvalue weighted by Crippen LogP contribution is -2.19. The van der Waals surface area contributed by atoms with Crippen molar-refractivity contribution in [3.8, 4) is 0 Å². The third kappa shape index (κ3) is 3.30. The van der Waals surface area contributed by atoms with Gasteiger partial charge in [-0.05, 0) is 20.2 Å². The molecule has 0 amide bonds. The SMILES string of the molecule is CCC(=O)c1cccc(N(C)C)c1CN(C)C. The van der Waals surface area contributed by atoms with Crippen LogP contribution < -0.4 is 4.90 Å². The molecule has 94 valence electrons. The normalized spacial score (nSPS) is 10.7. The highest BCUT2D eigenvalue weighted by Crippen LogP contribution is 2.24. The van der Waals surface area contributed by atoms with Crippen molar-refractivity contribution in [2.24, 2.45) is 0 Å². The minimum absolute atomic E-state index is 0.213. The lowest BCUT2D eigenvalue weighted by atomic mass is 9.99. The fourth-order valence-corrected chi connectivity index (χ4v) is 1.93. The van der Waals surface area contributed by atoms with Gasteiger partial charge in [0, 0.05) is 43.9 Å². The molecule has 17 heavy (non-hydrogen) atoms. The summed E-state index contributed by atoms with van der Waals surface area (Å²) >= 11 is 0. The van der Waals surface area contributed by atoms with Crippen molar-refractivity contribution in [1.29, 1.82) is 0 Å². The first-order valence-electron chi connectivity index (χ1n) is 5.94. The standard InChI is InChI=1S/C14H22N2O/c1-6-14(17)11-8-7-9-13(16(4)5)12(11)10-15(2)3/h7-9H,6,10H2,1-5H3. The maximum atomic E-state index is 12.0. The van der Waals surface area contributed by atoms with E-state index in [1.54, 1.807) is 0 Å². The minimum atomic E-state index is 0.213. The summed E-state index contributed by atoms with van der Waals surface area (Å²) in [5, 5.41) is 0. The van der Waals surface area contributed by atoms with Crippen molar-refractivity contribution < 1.29 is 4.79 Å². The Kier molecular flexibility index (Phi) is 4.70. The van der Waals surface area contributed by atoms with E-state index >= 15 is 0 Å². The number of Topliss-reactive ketones (excluding diaryl/α,β-unsaturated/α-hetero) is 1. The lowest BCUT2D eigenvalue weighted by molar-refractivity contribution is 0.0986. The third-order valence-corrected chi connectivity index (χ3v) is 2.73. The molecule has 0 fully saturated rings. The van der Waals surface area contributed by atoms with Gasteiger partial charge in [-0.3, -0.25) is 4.79 Å². The molecule has 3 nitrogen and oxygen atoms in total. The van der Waals surface area contributed by atoms with Gasteiger partial charge in [-0.15, -0.1) is 0 Å². The Morgan fingerprint density at radius 2 is 1.82 bits per heavy atom. The average molecular weight is 234 g/mol. The zero-order chi connectivity index (χ0) is 13.0. The molecule has 0 radical (unpaired) electrons. The number of nitrogens with zero attached hydrogens (tertiary/aromatic N) is 2. The predicted octanol–water partition coefficient (Wildman–Crippen LogP) is 2.41. The van der Waals surface area contributed by atoms with Gasteiger partial charge in [0.15, 0.2) is 5.78 Å². The molecule has 0 aliphatic carbocycles. The quantitative estimate of drug-likeness (QED) is 0.731. The van der Waals surface area contributed by atoms with Crippen molar-refractivity contribution in [2.75, 3.05) is 33.1 Å². The van der Waals surface area contributed by atoms with Crippen molar-refractivity contribution >= 4 is 11.5 Å². The third-order valence-electron chi connectivity index (χ3n) is 2.73. The van der Waals surface area contributed by atoms with E-state index in [9.17, 15) is 4.79 Å². The van der Waals surface area contributed by atoms with E-state index in [4.69, 9.17) is 0 Å². The maximum Gasteiger partial charge on any atom is 0.163 e. The molecule has 1 aromatic carbocycles. The molecule has 0 aliphatic rings. The second-order valence-corrected chi connectivity index (χ2v) is 4.71. The topological polar surface area (TPSA) is 23.6 Å². The minimum Gasteiger partial charge on any atom is -0.377 e. The molecule has 1 rings (SSSR count). The van der Waals surface area contributed by atoms with Crippen LogP contribution in [0.1, 0.15) is 29.3 Å². The number of hydrogen-bond acceptors (Lipinski definition) is 3. The number of rotatable bonds is 5. The van der Waals surface area contributed by atoms with Crippen LogP contribution in [-0.2, 0) is 6.54 Å². The highest BCUT2D eigenvalue weighted by atomic mass is 16.1. The number of carbonyl (C=O) groups excluding carboxylic acids is 1. The number of carbonyl (C=O) groups is 1. The van der Waals surface area contributed by atoms with Crippen LogP contribution in [0, 0.1) is 0 Å².